The number of nitrogens with two attached hydrogens (primary N) is 1. The topological polar surface area (TPSA) is 43.8 Å². The molecule has 0 bridgehead atoms. The van der Waals surface area contributed by atoms with Gasteiger partial charge in [0.05, 0.1) is 11.2 Å². The van der Waals surface area contributed by atoms with Crippen LogP contribution in [-0.4, -0.2) is 9.78 Å². The predicted octanol–water partition coefficient (Wildman–Crippen LogP) is 4.07. The highest BCUT2D eigenvalue weighted by Gasteiger charge is 2.10. The highest BCUT2D eigenvalue weighted by atomic mass is 32.2. The van der Waals surface area contributed by atoms with Crippen LogP contribution in [0, 0.1) is 5.82 Å². The Morgan fingerprint density at radius 3 is 2.81 bits per heavy atom. The third kappa shape index (κ3) is 2.88. The van der Waals surface area contributed by atoms with Crippen LogP contribution >= 0.6 is 11.8 Å². The molecule has 108 valence electrons. The number of aryl methyl sites for hydroxylation is 1. The normalized spacial score (nSPS) is 11.1. The van der Waals surface area contributed by atoms with E-state index in [1.54, 1.807) is 17.8 Å². The van der Waals surface area contributed by atoms with Crippen molar-refractivity contribution >= 4 is 28.4 Å². The van der Waals surface area contributed by atoms with E-state index in [2.05, 4.69) is 24.2 Å². The Morgan fingerprint density at radius 1 is 1.24 bits per heavy atom. The van der Waals surface area contributed by atoms with E-state index in [4.69, 9.17) is 5.73 Å². The minimum absolute atomic E-state index is 0.304. The summed E-state index contributed by atoms with van der Waals surface area (Å²) >= 11 is 1.54. The number of fused-ring (bicyclic) bond motifs is 1. The van der Waals surface area contributed by atoms with Gasteiger partial charge < -0.3 is 5.73 Å². The molecule has 0 aliphatic rings. The highest BCUT2D eigenvalue weighted by molar-refractivity contribution is 7.98. The van der Waals surface area contributed by atoms with Crippen molar-refractivity contribution in [3.8, 4) is 0 Å². The first kappa shape index (κ1) is 13.9. The third-order valence-corrected chi connectivity index (χ3v) is 4.29. The van der Waals surface area contributed by atoms with E-state index in [1.165, 1.54) is 12.1 Å². The Balaban J connectivity index is 1.88. The van der Waals surface area contributed by atoms with Gasteiger partial charge in [0.1, 0.15) is 5.82 Å². The van der Waals surface area contributed by atoms with Gasteiger partial charge in [-0.25, -0.2) is 4.39 Å². The molecule has 1 aromatic heterocycles. The van der Waals surface area contributed by atoms with Gasteiger partial charge in [-0.2, -0.15) is 5.10 Å². The molecule has 3 aromatic rings. The first-order chi connectivity index (χ1) is 10.2. The lowest BCUT2D eigenvalue weighted by Crippen LogP contribution is -1.96. The molecule has 3 rings (SSSR count). The third-order valence-electron chi connectivity index (χ3n) is 3.30. The maximum Gasteiger partial charge on any atom is 0.126 e. The van der Waals surface area contributed by atoms with Crippen LogP contribution in [0.15, 0.2) is 47.4 Å². The summed E-state index contributed by atoms with van der Waals surface area (Å²) in [5.41, 5.74) is 8.27. The first-order valence-corrected chi connectivity index (χ1v) is 7.79. The number of nitrogen functional groups attached to an aromatic ring is 1. The van der Waals surface area contributed by atoms with Gasteiger partial charge in [-0.1, -0.05) is 18.2 Å². The summed E-state index contributed by atoms with van der Waals surface area (Å²) in [6, 6.07) is 12.8. The lowest BCUT2D eigenvalue weighted by molar-refractivity contribution is 0.625. The number of benzene rings is 2. The van der Waals surface area contributed by atoms with Crippen LogP contribution in [0.25, 0.3) is 10.9 Å². The van der Waals surface area contributed by atoms with Crippen LogP contribution in [-0.2, 0) is 12.3 Å². The minimum atomic E-state index is -0.304. The fraction of sp³-hybridized carbons (Fsp3) is 0.188. The number of anilines is 1. The van der Waals surface area contributed by atoms with Crippen LogP contribution in [0.1, 0.15) is 12.6 Å². The summed E-state index contributed by atoms with van der Waals surface area (Å²) in [5.74, 6) is 0.387. The zero-order valence-corrected chi connectivity index (χ0v) is 12.5. The number of nitrogens with zero attached hydrogens (tertiary/aromatic N) is 2. The maximum absolute atomic E-state index is 13.4. The molecule has 0 spiro atoms. The predicted molar refractivity (Wildman–Crippen MR) is 85.8 cm³/mol. The van der Waals surface area contributed by atoms with E-state index in [0.29, 0.717) is 11.4 Å². The van der Waals surface area contributed by atoms with Crippen molar-refractivity contribution in [1.82, 2.24) is 9.78 Å². The smallest absolute Gasteiger partial charge is 0.126 e. The minimum Gasteiger partial charge on any atom is -0.399 e. The number of aromatic nitrogens is 2. The monoisotopic (exact) mass is 301 g/mol. The number of rotatable bonds is 4. The summed E-state index contributed by atoms with van der Waals surface area (Å²) in [7, 11) is 0. The first-order valence-electron chi connectivity index (χ1n) is 6.80. The van der Waals surface area contributed by atoms with Crippen molar-refractivity contribution < 1.29 is 4.39 Å². The average molecular weight is 301 g/mol. The van der Waals surface area contributed by atoms with Gasteiger partial charge in [0.25, 0.3) is 0 Å². The van der Waals surface area contributed by atoms with Crippen LogP contribution in [0.4, 0.5) is 10.1 Å². The Hall–Kier alpha value is -2.01. The van der Waals surface area contributed by atoms with Crippen molar-refractivity contribution in [2.45, 2.75) is 24.1 Å². The molecule has 0 aliphatic carbocycles. The number of halogens is 1. The van der Waals surface area contributed by atoms with Gasteiger partial charge in [-0.3, -0.25) is 4.68 Å². The number of hydrogen-bond donors (Lipinski definition) is 1. The quantitative estimate of drug-likeness (QED) is 0.583. The Bertz CT molecular complexity index is 762. The van der Waals surface area contributed by atoms with Crippen LogP contribution in [0.5, 0.6) is 0 Å². The lowest BCUT2D eigenvalue weighted by atomic mass is 10.2. The summed E-state index contributed by atoms with van der Waals surface area (Å²) < 4.78 is 15.3. The molecule has 0 unspecified atom stereocenters. The molecular formula is C16H16FN3S. The number of para-hydroxylation sites is 1. The van der Waals surface area contributed by atoms with E-state index >= 15 is 0 Å². The summed E-state index contributed by atoms with van der Waals surface area (Å²) in [4.78, 5) is 0.822. The lowest BCUT2D eigenvalue weighted by Gasteiger charge is -2.02. The number of thioether (sulfide) groups is 1. The Labute approximate surface area is 127 Å². The molecule has 0 atom stereocenters. The second-order valence-electron chi connectivity index (χ2n) is 4.79. The van der Waals surface area contributed by atoms with E-state index < -0.39 is 0 Å². The van der Waals surface area contributed by atoms with Gasteiger partial charge in [0.2, 0.25) is 0 Å². The molecule has 3 nitrogen and oxygen atoms in total. The van der Waals surface area contributed by atoms with Crippen LogP contribution in [0.3, 0.4) is 0 Å². The van der Waals surface area contributed by atoms with Gasteiger partial charge in [-0.15, -0.1) is 11.8 Å². The Kier molecular flexibility index (Phi) is 3.84. The van der Waals surface area contributed by atoms with Gasteiger partial charge >= 0.3 is 0 Å². The van der Waals surface area contributed by atoms with Crippen molar-refractivity contribution in [3.63, 3.8) is 0 Å². The second-order valence-corrected chi connectivity index (χ2v) is 5.84. The summed E-state index contributed by atoms with van der Waals surface area (Å²) in [5, 5.41) is 5.79. The fourth-order valence-corrected chi connectivity index (χ4v) is 3.30. The largest absolute Gasteiger partial charge is 0.399 e. The van der Waals surface area contributed by atoms with Crippen LogP contribution in [0.2, 0.25) is 0 Å². The van der Waals surface area contributed by atoms with Gasteiger partial charge in [0, 0.05) is 28.3 Å². The number of hydrogen-bond acceptors (Lipinski definition) is 3. The van der Waals surface area contributed by atoms with Crippen molar-refractivity contribution in [2.24, 2.45) is 0 Å². The SMILES string of the molecule is CCn1nc(CSc2cc(N)cc(F)c2)c2ccccc21. The zero-order chi connectivity index (χ0) is 14.8. The van der Waals surface area contributed by atoms with Gasteiger partial charge in [-0.05, 0) is 31.2 Å². The van der Waals surface area contributed by atoms with Crippen molar-refractivity contribution in [1.29, 1.82) is 0 Å². The molecular weight excluding hydrogens is 285 g/mol. The molecule has 1 heterocycles. The molecule has 0 radical (unpaired) electrons. The standard InChI is InChI=1S/C16H16FN3S/c1-2-20-16-6-4-3-5-14(16)15(19-20)10-21-13-8-11(17)7-12(18)9-13/h3-9H,2,10,18H2,1H3. The Morgan fingerprint density at radius 2 is 2.05 bits per heavy atom. The van der Waals surface area contributed by atoms with Crippen molar-refractivity contribution in [2.75, 3.05) is 5.73 Å². The molecule has 0 aliphatic heterocycles. The molecule has 2 N–H and O–H groups in total. The molecule has 2 aromatic carbocycles. The van der Waals surface area contributed by atoms with E-state index in [9.17, 15) is 4.39 Å². The summed E-state index contributed by atoms with van der Waals surface area (Å²) in [6.07, 6.45) is 0. The fourth-order valence-electron chi connectivity index (χ4n) is 2.36. The van der Waals surface area contributed by atoms with E-state index in [1.807, 2.05) is 16.8 Å². The summed E-state index contributed by atoms with van der Waals surface area (Å²) in [6.45, 7) is 2.90. The maximum atomic E-state index is 13.4. The zero-order valence-electron chi connectivity index (χ0n) is 11.7. The molecule has 21 heavy (non-hydrogen) atoms. The molecule has 0 amide bonds. The van der Waals surface area contributed by atoms with E-state index in [0.717, 1.165) is 28.0 Å². The molecule has 5 heteroatoms. The van der Waals surface area contributed by atoms with Crippen molar-refractivity contribution in [3.05, 3.63) is 54.0 Å². The second kappa shape index (κ2) is 5.77. The molecule has 0 saturated heterocycles. The molecule has 0 saturated carbocycles. The van der Waals surface area contributed by atoms with Crippen LogP contribution < -0.4 is 5.73 Å². The highest BCUT2D eigenvalue weighted by Crippen LogP contribution is 2.28. The van der Waals surface area contributed by atoms with E-state index in [-0.39, 0.29) is 5.82 Å². The average Bonchev–Trinajstić information content (AvgIpc) is 2.82. The molecule has 0 fully saturated rings. The van der Waals surface area contributed by atoms with Gasteiger partial charge in [0.15, 0.2) is 0 Å².